The molecule has 2 nitrogen and oxygen atoms in total. The Labute approximate surface area is 177 Å². The SMILES string of the molecule is Cc1cnc(-c2ccc3oc4cc(-c5ccccc5)ccc4c3c2)cc1CC(C)C. The van der Waals surface area contributed by atoms with E-state index in [2.05, 4.69) is 87.5 Å². The van der Waals surface area contributed by atoms with Gasteiger partial charge in [-0.1, -0.05) is 50.2 Å². The van der Waals surface area contributed by atoms with E-state index in [1.807, 2.05) is 12.3 Å². The van der Waals surface area contributed by atoms with Gasteiger partial charge in [0.05, 0.1) is 5.69 Å². The first-order valence-electron chi connectivity index (χ1n) is 10.6. The maximum Gasteiger partial charge on any atom is 0.136 e. The molecule has 0 saturated heterocycles. The first-order chi connectivity index (χ1) is 14.6. The average Bonchev–Trinajstić information content (AvgIpc) is 3.12. The van der Waals surface area contributed by atoms with Crippen molar-refractivity contribution in [3.8, 4) is 22.4 Å². The molecule has 0 aliphatic heterocycles. The van der Waals surface area contributed by atoms with Gasteiger partial charge in [0.2, 0.25) is 0 Å². The third-order valence-electron chi connectivity index (χ3n) is 5.72. The van der Waals surface area contributed by atoms with Crippen molar-refractivity contribution in [1.82, 2.24) is 4.98 Å². The molecular weight excluding hydrogens is 366 g/mol. The van der Waals surface area contributed by atoms with Crippen LogP contribution in [0.5, 0.6) is 0 Å². The van der Waals surface area contributed by atoms with E-state index in [4.69, 9.17) is 9.40 Å². The molecule has 30 heavy (non-hydrogen) atoms. The number of benzene rings is 3. The van der Waals surface area contributed by atoms with Crippen LogP contribution in [0.15, 0.2) is 83.4 Å². The van der Waals surface area contributed by atoms with Gasteiger partial charge in [0.25, 0.3) is 0 Å². The number of aryl methyl sites for hydroxylation is 1. The largest absolute Gasteiger partial charge is 0.456 e. The quantitative estimate of drug-likeness (QED) is 0.312. The van der Waals surface area contributed by atoms with Crippen molar-refractivity contribution >= 4 is 21.9 Å². The molecular formula is C28H25NO. The molecule has 0 fully saturated rings. The van der Waals surface area contributed by atoms with Crippen LogP contribution in [0.4, 0.5) is 0 Å². The first-order valence-corrected chi connectivity index (χ1v) is 10.6. The van der Waals surface area contributed by atoms with Crippen LogP contribution in [0.25, 0.3) is 44.3 Å². The first kappa shape index (κ1) is 18.6. The maximum absolute atomic E-state index is 6.18. The lowest BCUT2D eigenvalue weighted by molar-refractivity contribution is 0.644. The van der Waals surface area contributed by atoms with Gasteiger partial charge >= 0.3 is 0 Å². The molecule has 0 saturated carbocycles. The topological polar surface area (TPSA) is 26.0 Å². The molecule has 0 aliphatic carbocycles. The summed E-state index contributed by atoms with van der Waals surface area (Å²) in [5, 5.41) is 2.27. The van der Waals surface area contributed by atoms with E-state index < -0.39 is 0 Å². The number of nitrogens with zero attached hydrogens (tertiary/aromatic N) is 1. The monoisotopic (exact) mass is 391 g/mol. The minimum Gasteiger partial charge on any atom is -0.456 e. The summed E-state index contributed by atoms with van der Waals surface area (Å²) < 4.78 is 6.18. The lowest BCUT2D eigenvalue weighted by atomic mass is 9.97. The van der Waals surface area contributed by atoms with E-state index in [1.54, 1.807) is 0 Å². The average molecular weight is 392 g/mol. The highest BCUT2D eigenvalue weighted by Gasteiger charge is 2.12. The maximum atomic E-state index is 6.18. The van der Waals surface area contributed by atoms with Crippen molar-refractivity contribution in [2.24, 2.45) is 5.92 Å². The summed E-state index contributed by atoms with van der Waals surface area (Å²) in [6.07, 6.45) is 3.07. The molecule has 5 aromatic rings. The summed E-state index contributed by atoms with van der Waals surface area (Å²) in [7, 11) is 0. The Morgan fingerprint density at radius 2 is 1.57 bits per heavy atom. The highest BCUT2D eigenvalue weighted by atomic mass is 16.3. The molecule has 0 N–H and O–H groups in total. The van der Waals surface area contributed by atoms with Crippen LogP contribution in [0.2, 0.25) is 0 Å². The molecule has 0 atom stereocenters. The molecule has 148 valence electrons. The summed E-state index contributed by atoms with van der Waals surface area (Å²) in [5.41, 5.74) is 8.98. The Morgan fingerprint density at radius 1 is 0.767 bits per heavy atom. The van der Waals surface area contributed by atoms with Gasteiger partial charge in [-0.25, -0.2) is 0 Å². The summed E-state index contributed by atoms with van der Waals surface area (Å²) >= 11 is 0. The predicted octanol–water partition coefficient (Wildman–Crippen LogP) is 7.82. The second kappa shape index (κ2) is 7.46. The summed E-state index contributed by atoms with van der Waals surface area (Å²) in [5.74, 6) is 0.623. The summed E-state index contributed by atoms with van der Waals surface area (Å²) in [6, 6.07) is 25.5. The molecule has 0 aliphatic rings. The minimum atomic E-state index is 0.623. The predicted molar refractivity (Wildman–Crippen MR) is 126 cm³/mol. The Kier molecular flexibility index (Phi) is 4.63. The van der Waals surface area contributed by atoms with E-state index in [-0.39, 0.29) is 0 Å². The molecule has 2 aromatic heterocycles. The normalized spacial score (nSPS) is 11.6. The lowest BCUT2D eigenvalue weighted by Crippen LogP contribution is -1.98. The standard InChI is InChI=1S/C28H25NO/c1-18(2)13-23-15-26(29-17-19(23)3)22-10-12-27-25(14-22)24-11-9-21(16-28(24)30-27)20-7-5-4-6-8-20/h4-12,14-18H,13H2,1-3H3. The molecule has 0 bridgehead atoms. The molecule has 2 heterocycles. The van der Waals surface area contributed by atoms with Crippen molar-refractivity contribution in [3.05, 3.63) is 90.1 Å². The van der Waals surface area contributed by atoms with Gasteiger partial charge in [-0.2, -0.15) is 0 Å². The smallest absolute Gasteiger partial charge is 0.136 e. The van der Waals surface area contributed by atoms with E-state index in [0.717, 1.165) is 39.6 Å². The minimum absolute atomic E-state index is 0.623. The van der Waals surface area contributed by atoms with E-state index in [9.17, 15) is 0 Å². The number of rotatable bonds is 4. The van der Waals surface area contributed by atoms with Crippen molar-refractivity contribution in [2.45, 2.75) is 27.2 Å². The zero-order valence-electron chi connectivity index (χ0n) is 17.6. The van der Waals surface area contributed by atoms with Crippen molar-refractivity contribution in [1.29, 1.82) is 0 Å². The Hall–Kier alpha value is -3.39. The summed E-state index contributed by atoms with van der Waals surface area (Å²) in [6.45, 7) is 6.66. The molecule has 0 amide bonds. The number of fused-ring (bicyclic) bond motifs is 3. The number of pyridine rings is 1. The van der Waals surface area contributed by atoms with Gasteiger partial charge in [-0.3, -0.25) is 4.98 Å². The van der Waals surface area contributed by atoms with Gasteiger partial charge in [0.1, 0.15) is 11.2 Å². The molecule has 0 radical (unpaired) electrons. The van der Waals surface area contributed by atoms with Gasteiger partial charge in [-0.15, -0.1) is 0 Å². The van der Waals surface area contributed by atoms with Crippen molar-refractivity contribution in [3.63, 3.8) is 0 Å². The third kappa shape index (κ3) is 3.39. The van der Waals surface area contributed by atoms with Crippen molar-refractivity contribution < 1.29 is 4.42 Å². The van der Waals surface area contributed by atoms with Gasteiger partial charge in [-0.05, 0) is 77.9 Å². The molecule has 0 spiro atoms. The van der Waals surface area contributed by atoms with Gasteiger partial charge < -0.3 is 4.42 Å². The van der Waals surface area contributed by atoms with E-state index >= 15 is 0 Å². The van der Waals surface area contributed by atoms with E-state index in [1.165, 1.54) is 22.3 Å². The summed E-state index contributed by atoms with van der Waals surface area (Å²) in [4.78, 5) is 4.71. The number of hydrogen-bond acceptors (Lipinski definition) is 2. The number of furan rings is 1. The highest BCUT2D eigenvalue weighted by Crippen LogP contribution is 2.34. The molecule has 5 rings (SSSR count). The van der Waals surface area contributed by atoms with Crippen LogP contribution in [-0.2, 0) is 6.42 Å². The second-order valence-electron chi connectivity index (χ2n) is 8.48. The Morgan fingerprint density at radius 3 is 2.37 bits per heavy atom. The zero-order valence-corrected chi connectivity index (χ0v) is 17.6. The Balaban J connectivity index is 1.60. The van der Waals surface area contributed by atoms with Crippen LogP contribution >= 0.6 is 0 Å². The van der Waals surface area contributed by atoms with Gasteiger partial charge in [0.15, 0.2) is 0 Å². The highest BCUT2D eigenvalue weighted by molar-refractivity contribution is 6.07. The van der Waals surface area contributed by atoms with Crippen LogP contribution in [0.3, 0.4) is 0 Å². The van der Waals surface area contributed by atoms with Gasteiger partial charge in [0, 0.05) is 22.5 Å². The number of hydrogen-bond donors (Lipinski definition) is 0. The Bertz CT molecular complexity index is 1350. The van der Waals surface area contributed by atoms with Crippen LogP contribution in [0.1, 0.15) is 25.0 Å². The van der Waals surface area contributed by atoms with Crippen LogP contribution in [-0.4, -0.2) is 4.98 Å². The fourth-order valence-corrected chi connectivity index (χ4v) is 4.13. The fraction of sp³-hybridized carbons (Fsp3) is 0.179. The second-order valence-corrected chi connectivity index (χ2v) is 8.48. The van der Waals surface area contributed by atoms with E-state index in [0.29, 0.717) is 5.92 Å². The third-order valence-corrected chi connectivity index (χ3v) is 5.72. The zero-order chi connectivity index (χ0) is 20.7. The molecule has 0 unspecified atom stereocenters. The molecule has 3 aromatic carbocycles. The van der Waals surface area contributed by atoms with Crippen LogP contribution in [0, 0.1) is 12.8 Å². The fourth-order valence-electron chi connectivity index (χ4n) is 4.13. The lowest BCUT2D eigenvalue weighted by Gasteiger charge is -2.10. The van der Waals surface area contributed by atoms with Crippen molar-refractivity contribution in [2.75, 3.05) is 0 Å². The van der Waals surface area contributed by atoms with Crippen LogP contribution < -0.4 is 0 Å². The number of aromatic nitrogens is 1. The molecule has 2 heteroatoms.